The summed E-state index contributed by atoms with van der Waals surface area (Å²) in [5.41, 5.74) is 0. The lowest BCUT2D eigenvalue weighted by atomic mass is 10.8. The third kappa shape index (κ3) is 1.60. The number of hydrogen-bond acceptors (Lipinski definition) is 6. The van der Waals surface area contributed by atoms with Crippen molar-refractivity contribution in [2.24, 2.45) is 0 Å². The van der Waals surface area contributed by atoms with Gasteiger partial charge in [0, 0.05) is 11.9 Å². The Hall–Kier alpha value is -1.22. The zero-order chi connectivity index (χ0) is 9.26. The summed E-state index contributed by atoms with van der Waals surface area (Å²) in [4.78, 5) is 0. The molecule has 2 aromatic heterocycles. The molecule has 0 aromatic carbocycles. The number of rotatable bonds is 2. The van der Waals surface area contributed by atoms with Gasteiger partial charge in [0.2, 0.25) is 10.3 Å². The maximum atomic E-state index is 4.93. The molecule has 0 aliphatic rings. The van der Waals surface area contributed by atoms with Gasteiger partial charge in [-0.15, -0.1) is 15.3 Å². The Balaban J connectivity index is 2.27. The molecule has 0 atom stereocenters. The number of aryl methyl sites for hydroxylation is 1. The second-order valence-corrected chi connectivity index (χ2v) is 3.42. The van der Waals surface area contributed by atoms with E-state index in [1.165, 1.54) is 11.9 Å². The third-order valence-corrected chi connectivity index (χ3v) is 2.60. The van der Waals surface area contributed by atoms with E-state index in [0.717, 1.165) is 0 Å². The monoisotopic (exact) mass is 214 g/mol. The molecule has 0 unspecified atom stereocenters. The zero-order valence-corrected chi connectivity index (χ0v) is 8.13. The van der Waals surface area contributed by atoms with Crippen LogP contribution < -0.4 is 0 Å². The zero-order valence-electron chi connectivity index (χ0n) is 6.50. The molecule has 0 bridgehead atoms. The molecule has 67 valence electrons. The van der Waals surface area contributed by atoms with E-state index in [1.54, 1.807) is 10.9 Å². The number of nitrogens with zero attached hydrogens (tertiary/aromatic N) is 6. The molecule has 9 heteroatoms. The molecular formula is C4H4N7S2. The van der Waals surface area contributed by atoms with Crippen molar-refractivity contribution in [2.45, 2.75) is 17.2 Å². The van der Waals surface area contributed by atoms with Gasteiger partial charge >= 0.3 is 0 Å². The summed E-state index contributed by atoms with van der Waals surface area (Å²) in [6, 6.07) is 0. The molecule has 1 radical (unpaired) electrons. The van der Waals surface area contributed by atoms with Gasteiger partial charge in [0.1, 0.15) is 5.82 Å². The Bertz CT molecular complexity index is 373. The predicted molar refractivity (Wildman–Crippen MR) is 46.0 cm³/mol. The molecule has 0 amide bonds. The number of tetrazole rings is 1. The van der Waals surface area contributed by atoms with Crippen LogP contribution in [0.3, 0.4) is 0 Å². The molecule has 0 saturated heterocycles. The minimum absolute atomic E-state index is 0.402. The topological polar surface area (TPSA) is 85.2 Å². The van der Waals surface area contributed by atoms with Crippen molar-refractivity contribution in [3.63, 3.8) is 0 Å². The number of aromatic nitrogens is 7. The number of nitrogens with one attached hydrogen (secondary N) is 1. The summed E-state index contributed by atoms with van der Waals surface area (Å²) in [6.07, 6.45) is 0. The molecule has 0 fully saturated rings. The molecule has 0 aliphatic carbocycles. The smallest absolute Gasteiger partial charge is 0.232 e. The minimum Gasteiger partial charge on any atom is -0.236 e. The van der Waals surface area contributed by atoms with Gasteiger partial charge in [-0.1, -0.05) is 0 Å². The van der Waals surface area contributed by atoms with Crippen LogP contribution in [0.5, 0.6) is 0 Å². The molecule has 2 heterocycles. The fourth-order valence-corrected chi connectivity index (χ4v) is 1.61. The van der Waals surface area contributed by atoms with Crippen LogP contribution in [0.4, 0.5) is 0 Å². The summed E-state index contributed by atoms with van der Waals surface area (Å²) in [7, 11) is 0. The highest BCUT2D eigenvalue weighted by molar-refractivity contribution is 7.98. The lowest BCUT2D eigenvalue weighted by Crippen LogP contribution is -1.92. The van der Waals surface area contributed by atoms with Crippen LogP contribution in [0.25, 0.3) is 0 Å². The van der Waals surface area contributed by atoms with E-state index in [0.29, 0.717) is 16.1 Å². The van der Waals surface area contributed by atoms with Crippen LogP contribution in [0.15, 0.2) is 10.3 Å². The van der Waals surface area contributed by atoms with Gasteiger partial charge in [-0.3, -0.25) is 0 Å². The fraction of sp³-hybridized carbons (Fsp3) is 0.250. The Morgan fingerprint density at radius 1 is 1.38 bits per heavy atom. The first-order valence-electron chi connectivity index (χ1n) is 3.28. The van der Waals surface area contributed by atoms with Crippen molar-refractivity contribution in [1.29, 1.82) is 0 Å². The van der Waals surface area contributed by atoms with Crippen molar-refractivity contribution in [3.05, 3.63) is 5.82 Å². The van der Waals surface area contributed by atoms with Crippen LogP contribution in [0.2, 0.25) is 0 Å². The van der Waals surface area contributed by atoms with Crippen LogP contribution in [-0.2, 0) is 0 Å². The molecule has 0 spiro atoms. The SMILES string of the molecule is Cc1nnc([S])n1Sc1nnn[nH]1. The van der Waals surface area contributed by atoms with Crippen LogP contribution in [-0.4, -0.2) is 34.8 Å². The van der Waals surface area contributed by atoms with Gasteiger partial charge in [0.25, 0.3) is 0 Å². The highest BCUT2D eigenvalue weighted by atomic mass is 32.2. The standard InChI is InChI=1S/C4H4N7S2/c1-2-5-8-4(12)11(2)13-3-6-9-10-7-3/h1H3,(H,6,7,9,10). The molecular weight excluding hydrogens is 210 g/mol. The molecule has 2 rings (SSSR count). The second kappa shape index (κ2) is 3.26. The van der Waals surface area contributed by atoms with Crippen molar-refractivity contribution in [1.82, 2.24) is 34.8 Å². The van der Waals surface area contributed by atoms with Crippen LogP contribution >= 0.6 is 24.6 Å². The minimum atomic E-state index is 0.402. The Kier molecular flexibility index (Phi) is 2.10. The van der Waals surface area contributed by atoms with Gasteiger partial charge in [-0.2, -0.15) is 0 Å². The first-order valence-corrected chi connectivity index (χ1v) is 4.46. The fourth-order valence-electron chi connectivity index (χ4n) is 0.716. The van der Waals surface area contributed by atoms with Crippen LogP contribution in [0, 0.1) is 6.92 Å². The highest BCUT2D eigenvalue weighted by Crippen LogP contribution is 2.19. The lowest BCUT2D eigenvalue weighted by Gasteiger charge is -1.97. The van der Waals surface area contributed by atoms with Crippen molar-refractivity contribution in [3.8, 4) is 0 Å². The normalized spacial score (nSPS) is 10.5. The molecule has 0 aliphatic heterocycles. The van der Waals surface area contributed by atoms with E-state index >= 15 is 0 Å². The quantitative estimate of drug-likeness (QED) is 0.769. The van der Waals surface area contributed by atoms with E-state index in [9.17, 15) is 0 Å². The summed E-state index contributed by atoms with van der Waals surface area (Å²) >= 11 is 6.18. The Morgan fingerprint density at radius 2 is 2.23 bits per heavy atom. The van der Waals surface area contributed by atoms with E-state index in [4.69, 9.17) is 12.6 Å². The average molecular weight is 214 g/mol. The molecule has 7 nitrogen and oxygen atoms in total. The number of aromatic amines is 1. The van der Waals surface area contributed by atoms with E-state index in [-0.39, 0.29) is 0 Å². The molecule has 1 N–H and O–H groups in total. The molecule has 13 heavy (non-hydrogen) atoms. The van der Waals surface area contributed by atoms with Crippen molar-refractivity contribution < 1.29 is 0 Å². The van der Waals surface area contributed by atoms with Crippen molar-refractivity contribution in [2.75, 3.05) is 0 Å². The van der Waals surface area contributed by atoms with Gasteiger partial charge < -0.3 is 0 Å². The van der Waals surface area contributed by atoms with Gasteiger partial charge in [0.15, 0.2) is 0 Å². The van der Waals surface area contributed by atoms with E-state index < -0.39 is 0 Å². The first-order chi connectivity index (χ1) is 6.27. The number of hydrogen-bond donors (Lipinski definition) is 1. The molecule has 2 aromatic rings. The van der Waals surface area contributed by atoms with Gasteiger partial charge in [-0.25, -0.2) is 9.07 Å². The number of H-pyrrole nitrogens is 1. The summed E-state index contributed by atoms with van der Waals surface area (Å²) in [5, 5.41) is 21.6. The maximum Gasteiger partial charge on any atom is 0.232 e. The second-order valence-electron chi connectivity index (χ2n) is 2.12. The van der Waals surface area contributed by atoms with Gasteiger partial charge in [-0.05, 0) is 30.0 Å². The largest absolute Gasteiger partial charge is 0.236 e. The van der Waals surface area contributed by atoms with Crippen LogP contribution in [0.1, 0.15) is 5.82 Å². The lowest BCUT2D eigenvalue weighted by molar-refractivity contribution is 0.881. The van der Waals surface area contributed by atoms with Gasteiger partial charge in [0.05, 0.1) is 0 Å². The maximum absolute atomic E-state index is 4.93. The van der Waals surface area contributed by atoms with E-state index in [2.05, 4.69) is 30.8 Å². The third-order valence-electron chi connectivity index (χ3n) is 1.25. The first kappa shape index (κ1) is 8.38. The average Bonchev–Trinajstić information content (AvgIpc) is 2.70. The Labute approximate surface area is 82.9 Å². The summed E-state index contributed by atoms with van der Waals surface area (Å²) in [6.45, 7) is 1.81. The molecule has 0 saturated carbocycles. The Morgan fingerprint density at radius 3 is 2.77 bits per heavy atom. The highest BCUT2D eigenvalue weighted by Gasteiger charge is 2.09. The van der Waals surface area contributed by atoms with E-state index in [1.807, 2.05) is 0 Å². The predicted octanol–water partition coefficient (Wildman–Crippen LogP) is 0.211. The van der Waals surface area contributed by atoms with Crippen molar-refractivity contribution >= 4 is 24.6 Å². The summed E-state index contributed by atoms with van der Waals surface area (Å²) in [5.74, 6) is 0.714. The summed E-state index contributed by atoms with van der Waals surface area (Å²) < 4.78 is 1.66.